The molecule has 0 fully saturated rings. The molecule has 0 amide bonds. The van der Waals surface area contributed by atoms with E-state index < -0.39 is 5.41 Å². The number of hydrogen-bond acceptors (Lipinski definition) is 3. The Hall–Kier alpha value is -1.87. The van der Waals surface area contributed by atoms with Crippen LogP contribution in [0.15, 0.2) is 48.8 Å². The first-order valence-corrected chi connectivity index (χ1v) is 7.26. The van der Waals surface area contributed by atoms with Crippen LogP contribution < -0.4 is 0 Å². The van der Waals surface area contributed by atoms with Crippen molar-refractivity contribution in [3.8, 4) is 0 Å². The van der Waals surface area contributed by atoms with Gasteiger partial charge in [-0.15, -0.1) is 0 Å². The van der Waals surface area contributed by atoms with Gasteiger partial charge in [0.1, 0.15) is 0 Å². The van der Waals surface area contributed by atoms with E-state index in [1.165, 1.54) is 0 Å². The van der Waals surface area contributed by atoms with Crippen LogP contribution in [-0.2, 0) is 21.4 Å². The van der Waals surface area contributed by atoms with Gasteiger partial charge >= 0.3 is 5.97 Å². The Balaban J connectivity index is 2.38. The molecule has 0 aliphatic carbocycles. The van der Waals surface area contributed by atoms with Gasteiger partial charge in [-0.05, 0) is 55.7 Å². The lowest BCUT2D eigenvalue weighted by Crippen LogP contribution is -2.36. The lowest BCUT2D eigenvalue weighted by molar-refractivity contribution is -0.149. The van der Waals surface area contributed by atoms with E-state index in [2.05, 4.69) is 4.98 Å². The topological polar surface area (TPSA) is 39.2 Å². The second kappa shape index (κ2) is 6.72. The third-order valence-corrected chi connectivity index (χ3v) is 3.77. The Morgan fingerprint density at radius 3 is 2.38 bits per heavy atom. The lowest BCUT2D eigenvalue weighted by Gasteiger charge is -2.28. The molecule has 0 bridgehead atoms. The first kappa shape index (κ1) is 15.5. The van der Waals surface area contributed by atoms with Gasteiger partial charge in [-0.1, -0.05) is 23.7 Å². The molecule has 1 atom stereocenters. The summed E-state index contributed by atoms with van der Waals surface area (Å²) in [5, 5.41) is 0.647. The van der Waals surface area contributed by atoms with Crippen molar-refractivity contribution in [2.24, 2.45) is 0 Å². The number of nitrogens with zero attached hydrogens (tertiary/aromatic N) is 1. The lowest BCUT2D eigenvalue weighted by atomic mass is 9.77. The van der Waals surface area contributed by atoms with E-state index in [9.17, 15) is 4.79 Å². The van der Waals surface area contributed by atoms with Crippen molar-refractivity contribution in [3.63, 3.8) is 0 Å². The first-order valence-electron chi connectivity index (χ1n) is 6.88. The zero-order chi connectivity index (χ0) is 15.3. The van der Waals surface area contributed by atoms with E-state index >= 15 is 0 Å². The molecular weight excluding hydrogens is 286 g/mol. The van der Waals surface area contributed by atoms with Crippen molar-refractivity contribution in [2.45, 2.75) is 25.7 Å². The number of carbonyl (C=O) groups is 1. The minimum atomic E-state index is -0.748. The summed E-state index contributed by atoms with van der Waals surface area (Å²) in [5.41, 5.74) is 1.18. The van der Waals surface area contributed by atoms with Crippen LogP contribution in [0.1, 0.15) is 25.0 Å². The van der Waals surface area contributed by atoms with E-state index in [0.717, 1.165) is 11.1 Å². The van der Waals surface area contributed by atoms with Crippen LogP contribution in [0, 0.1) is 0 Å². The van der Waals surface area contributed by atoms with Crippen LogP contribution in [0.2, 0.25) is 5.02 Å². The van der Waals surface area contributed by atoms with Gasteiger partial charge in [0.2, 0.25) is 0 Å². The van der Waals surface area contributed by atoms with E-state index in [0.29, 0.717) is 18.1 Å². The van der Waals surface area contributed by atoms with Crippen molar-refractivity contribution < 1.29 is 9.53 Å². The van der Waals surface area contributed by atoms with Crippen LogP contribution >= 0.6 is 11.6 Å². The van der Waals surface area contributed by atoms with E-state index in [1.807, 2.05) is 38.1 Å². The number of benzene rings is 1. The number of rotatable bonds is 5. The number of aromatic nitrogens is 1. The summed E-state index contributed by atoms with van der Waals surface area (Å²) in [6.45, 7) is 4.07. The summed E-state index contributed by atoms with van der Waals surface area (Å²) >= 11 is 5.94. The number of esters is 1. The highest BCUT2D eigenvalue weighted by molar-refractivity contribution is 6.30. The number of pyridine rings is 1. The molecule has 110 valence electrons. The Kier molecular flexibility index (Phi) is 4.97. The molecular formula is C17H18ClNO2. The average Bonchev–Trinajstić information content (AvgIpc) is 2.49. The fraction of sp³-hybridized carbons (Fsp3) is 0.294. The molecule has 0 aliphatic heterocycles. The van der Waals surface area contributed by atoms with E-state index in [-0.39, 0.29) is 5.97 Å². The zero-order valence-corrected chi connectivity index (χ0v) is 12.9. The van der Waals surface area contributed by atoms with Crippen LogP contribution in [0.4, 0.5) is 0 Å². The maximum Gasteiger partial charge on any atom is 0.316 e. The van der Waals surface area contributed by atoms with Crippen LogP contribution in [0.5, 0.6) is 0 Å². The summed E-state index contributed by atoms with van der Waals surface area (Å²) in [5.74, 6) is -0.232. The SMILES string of the molecule is CCOC(=O)C(C)(Cc1ccncc1)c1ccc(Cl)cc1. The number of carbonyl (C=O) groups excluding carboxylic acids is 1. The molecule has 1 heterocycles. The molecule has 2 rings (SSSR count). The van der Waals surface area contributed by atoms with E-state index in [4.69, 9.17) is 16.3 Å². The van der Waals surface area contributed by atoms with Crippen molar-refractivity contribution in [2.75, 3.05) is 6.61 Å². The summed E-state index contributed by atoms with van der Waals surface area (Å²) in [7, 11) is 0. The number of ether oxygens (including phenoxy) is 1. The van der Waals surface area contributed by atoms with Gasteiger partial charge in [0.15, 0.2) is 0 Å². The molecule has 21 heavy (non-hydrogen) atoms. The molecule has 0 aliphatic rings. The second-order valence-electron chi connectivity index (χ2n) is 5.09. The smallest absolute Gasteiger partial charge is 0.316 e. The highest BCUT2D eigenvalue weighted by Crippen LogP contribution is 2.30. The van der Waals surface area contributed by atoms with Crippen LogP contribution in [-0.4, -0.2) is 17.6 Å². The van der Waals surface area contributed by atoms with E-state index in [1.54, 1.807) is 24.5 Å². The zero-order valence-electron chi connectivity index (χ0n) is 12.2. The Bertz CT molecular complexity index is 598. The van der Waals surface area contributed by atoms with Gasteiger partial charge in [0.05, 0.1) is 12.0 Å². The quantitative estimate of drug-likeness (QED) is 0.789. The summed E-state index contributed by atoms with van der Waals surface area (Å²) in [6, 6.07) is 11.2. The standard InChI is InChI=1S/C17H18ClNO2/c1-3-21-16(20)17(2,12-13-8-10-19-11-9-13)14-4-6-15(18)7-5-14/h4-11H,3,12H2,1-2H3. The summed E-state index contributed by atoms with van der Waals surface area (Å²) in [4.78, 5) is 16.5. The number of hydrogen-bond donors (Lipinski definition) is 0. The molecule has 2 aromatic rings. The highest BCUT2D eigenvalue weighted by Gasteiger charge is 2.36. The second-order valence-corrected chi connectivity index (χ2v) is 5.53. The predicted octanol–water partition coefficient (Wildman–Crippen LogP) is 3.80. The van der Waals surface area contributed by atoms with Gasteiger partial charge in [0, 0.05) is 17.4 Å². The molecule has 4 heteroatoms. The predicted molar refractivity (Wildman–Crippen MR) is 83.4 cm³/mol. The third kappa shape index (κ3) is 3.61. The molecule has 3 nitrogen and oxygen atoms in total. The molecule has 1 aromatic heterocycles. The first-order chi connectivity index (χ1) is 10.1. The molecule has 0 radical (unpaired) electrons. The minimum Gasteiger partial charge on any atom is -0.465 e. The Morgan fingerprint density at radius 1 is 1.19 bits per heavy atom. The van der Waals surface area contributed by atoms with Crippen LogP contribution in [0.3, 0.4) is 0 Å². The van der Waals surface area contributed by atoms with Gasteiger partial charge in [-0.25, -0.2) is 0 Å². The fourth-order valence-corrected chi connectivity index (χ4v) is 2.44. The molecule has 1 aromatic carbocycles. The normalized spacial score (nSPS) is 13.5. The maximum atomic E-state index is 12.5. The van der Waals surface area contributed by atoms with Crippen molar-refractivity contribution in [1.82, 2.24) is 4.98 Å². The van der Waals surface area contributed by atoms with Crippen molar-refractivity contribution in [3.05, 3.63) is 64.9 Å². The largest absolute Gasteiger partial charge is 0.465 e. The molecule has 0 saturated heterocycles. The fourth-order valence-electron chi connectivity index (χ4n) is 2.31. The maximum absolute atomic E-state index is 12.5. The summed E-state index contributed by atoms with van der Waals surface area (Å²) < 4.78 is 5.28. The summed E-state index contributed by atoms with van der Waals surface area (Å²) in [6.07, 6.45) is 4.00. The highest BCUT2D eigenvalue weighted by atomic mass is 35.5. The molecule has 0 spiro atoms. The minimum absolute atomic E-state index is 0.232. The third-order valence-electron chi connectivity index (χ3n) is 3.51. The van der Waals surface area contributed by atoms with Gasteiger partial charge in [-0.3, -0.25) is 9.78 Å². The monoisotopic (exact) mass is 303 g/mol. The molecule has 1 unspecified atom stereocenters. The van der Waals surface area contributed by atoms with Crippen molar-refractivity contribution >= 4 is 17.6 Å². The van der Waals surface area contributed by atoms with Gasteiger partial charge in [0.25, 0.3) is 0 Å². The Morgan fingerprint density at radius 2 is 1.81 bits per heavy atom. The number of halogens is 1. The molecule has 0 saturated carbocycles. The van der Waals surface area contributed by atoms with Crippen molar-refractivity contribution in [1.29, 1.82) is 0 Å². The van der Waals surface area contributed by atoms with Gasteiger partial charge in [-0.2, -0.15) is 0 Å². The van der Waals surface area contributed by atoms with Crippen LogP contribution in [0.25, 0.3) is 0 Å². The average molecular weight is 304 g/mol. The van der Waals surface area contributed by atoms with Gasteiger partial charge < -0.3 is 4.74 Å². The molecule has 0 N–H and O–H groups in total. The Labute approximate surface area is 129 Å².